The molecule has 1 aromatic heterocycles. The molecule has 0 spiro atoms. The topological polar surface area (TPSA) is 111 Å². The summed E-state index contributed by atoms with van der Waals surface area (Å²) >= 11 is 0. The van der Waals surface area contributed by atoms with E-state index in [1.165, 1.54) is 37.5 Å². The molecule has 1 aliphatic rings. The standard InChI is InChI=1S/C27H21F4N5O2/c1-15(37)16-8-9-18(23(32)12-16)25(35-17-6-3-2-4-7-17)36-26(38)20-13-19(24-33-10-5-11-34-24)21(14-22(20)28)27(29,30)31/h2-15,32,35,37H,1H3,(H,36,38)/b25-18+,32-23?. The third kappa shape index (κ3) is 5.84. The normalized spacial score (nSPS) is 15.5. The lowest BCUT2D eigenvalue weighted by molar-refractivity contribution is -0.137. The van der Waals surface area contributed by atoms with Crippen LogP contribution in [0.25, 0.3) is 11.4 Å². The number of nitrogens with one attached hydrogen (secondary N) is 3. The van der Waals surface area contributed by atoms with E-state index in [0.29, 0.717) is 11.3 Å². The minimum absolute atomic E-state index is 0.0137. The van der Waals surface area contributed by atoms with Crippen molar-refractivity contribution in [3.05, 3.63) is 113 Å². The van der Waals surface area contributed by atoms with E-state index >= 15 is 0 Å². The Labute approximate surface area is 214 Å². The van der Waals surface area contributed by atoms with E-state index in [2.05, 4.69) is 20.6 Å². The average Bonchev–Trinajstić information content (AvgIpc) is 2.88. The molecule has 1 unspecified atom stereocenters. The lowest BCUT2D eigenvalue weighted by atomic mass is 9.97. The van der Waals surface area contributed by atoms with Crippen LogP contribution in [-0.2, 0) is 6.18 Å². The van der Waals surface area contributed by atoms with Crippen molar-refractivity contribution >= 4 is 17.3 Å². The second-order valence-electron chi connectivity index (χ2n) is 8.25. The van der Waals surface area contributed by atoms with E-state index in [0.717, 1.165) is 6.07 Å². The van der Waals surface area contributed by atoms with Gasteiger partial charge in [0.2, 0.25) is 0 Å². The van der Waals surface area contributed by atoms with E-state index in [1.807, 2.05) is 0 Å². The number of aliphatic hydroxyl groups excluding tert-OH is 1. The molecule has 3 aromatic rings. The van der Waals surface area contributed by atoms with Gasteiger partial charge in [-0.25, -0.2) is 14.4 Å². The first-order valence-electron chi connectivity index (χ1n) is 11.3. The first kappa shape index (κ1) is 26.4. The molecule has 0 saturated heterocycles. The van der Waals surface area contributed by atoms with Crippen molar-refractivity contribution in [3.63, 3.8) is 0 Å². The van der Waals surface area contributed by atoms with E-state index in [9.17, 15) is 27.5 Å². The zero-order valence-electron chi connectivity index (χ0n) is 19.8. The van der Waals surface area contributed by atoms with Crippen LogP contribution in [0.1, 0.15) is 22.8 Å². The third-order valence-electron chi connectivity index (χ3n) is 5.54. The van der Waals surface area contributed by atoms with Crippen LogP contribution in [-0.4, -0.2) is 32.8 Å². The highest BCUT2D eigenvalue weighted by Gasteiger charge is 2.36. The number of halogens is 4. The first-order chi connectivity index (χ1) is 18.0. The van der Waals surface area contributed by atoms with Crippen molar-refractivity contribution in [2.24, 2.45) is 0 Å². The fourth-order valence-corrected chi connectivity index (χ4v) is 3.66. The summed E-state index contributed by atoms with van der Waals surface area (Å²) in [5, 5.41) is 23.7. The van der Waals surface area contributed by atoms with Crippen LogP contribution in [0, 0.1) is 11.2 Å². The van der Waals surface area contributed by atoms with Crippen LogP contribution in [0.15, 0.2) is 96.1 Å². The number of amides is 1. The van der Waals surface area contributed by atoms with Crippen molar-refractivity contribution in [1.29, 1.82) is 5.41 Å². The van der Waals surface area contributed by atoms with Crippen molar-refractivity contribution in [3.8, 4) is 11.4 Å². The number of allylic oxidation sites excluding steroid dienone is 3. The number of para-hydroxylation sites is 1. The highest BCUT2D eigenvalue weighted by Crippen LogP contribution is 2.37. The smallest absolute Gasteiger partial charge is 0.389 e. The monoisotopic (exact) mass is 523 g/mol. The van der Waals surface area contributed by atoms with Gasteiger partial charge < -0.3 is 21.1 Å². The van der Waals surface area contributed by atoms with Crippen molar-refractivity contribution < 1.29 is 27.5 Å². The molecule has 38 heavy (non-hydrogen) atoms. The van der Waals surface area contributed by atoms with Crippen LogP contribution in [0.3, 0.4) is 0 Å². The number of hydrogen-bond acceptors (Lipinski definition) is 6. The first-order valence-corrected chi connectivity index (χ1v) is 11.3. The third-order valence-corrected chi connectivity index (χ3v) is 5.54. The molecule has 0 fully saturated rings. The molecular formula is C27H21F4N5O2. The fraction of sp³-hybridized carbons (Fsp3) is 0.111. The number of benzene rings is 2. The van der Waals surface area contributed by atoms with Gasteiger partial charge >= 0.3 is 6.18 Å². The van der Waals surface area contributed by atoms with Gasteiger partial charge in [-0.05, 0) is 55.0 Å². The van der Waals surface area contributed by atoms with Crippen molar-refractivity contribution in [2.75, 3.05) is 5.32 Å². The summed E-state index contributed by atoms with van der Waals surface area (Å²) in [6.07, 6.45) is 1.14. The van der Waals surface area contributed by atoms with Crippen LogP contribution in [0.2, 0.25) is 0 Å². The van der Waals surface area contributed by atoms with Gasteiger partial charge in [-0.1, -0.05) is 24.3 Å². The average molecular weight is 523 g/mol. The molecule has 1 aliphatic carbocycles. The Morgan fingerprint density at radius 3 is 2.34 bits per heavy atom. The quantitative estimate of drug-likeness (QED) is 0.330. The molecule has 0 saturated carbocycles. The Hall–Kier alpha value is -4.64. The highest BCUT2D eigenvalue weighted by atomic mass is 19.4. The number of carbonyl (C=O) groups is 1. The van der Waals surface area contributed by atoms with Gasteiger partial charge in [-0.3, -0.25) is 4.79 Å². The number of rotatable bonds is 6. The summed E-state index contributed by atoms with van der Waals surface area (Å²) in [7, 11) is 0. The lowest BCUT2D eigenvalue weighted by Crippen LogP contribution is -2.31. The van der Waals surface area contributed by atoms with Crippen LogP contribution in [0.4, 0.5) is 23.2 Å². The fourth-order valence-electron chi connectivity index (χ4n) is 3.66. The van der Waals surface area contributed by atoms with Gasteiger partial charge in [0.25, 0.3) is 5.91 Å². The second kappa shape index (κ2) is 10.8. The maximum Gasteiger partial charge on any atom is 0.417 e. The Morgan fingerprint density at radius 1 is 1.05 bits per heavy atom. The van der Waals surface area contributed by atoms with Crippen LogP contribution >= 0.6 is 0 Å². The number of hydrogen-bond donors (Lipinski definition) is 4. The molecule has 0 radical (unpaired) electrons. The zero-order chi connectivity index (χ0) is 27.4. The SMILES string of the molecule is CC(O)C1=CC(=N)/C(=C(/NC(=O)c2cc(-c3ncccn3)c(C(F)(F)F)cc2F)Nc2ccccc2)C=C1. The van der Waals surface area contributed by atoms with Crippen molar-refractivity contribution in [1.82, 2.24) is 15.3 Å². The second-order valence-corrected chi connectivity index (χ2v) is 8.25. The molecule has 0 aliphatic heterocycles. The lowest BCUT2D eigenvalue weighted by Gasteiger charge is -2.20. The summed E-state index contributed by atoms with van der Waals surface area (Å²) in [6.45, 7) is 1.53. The Kier molecular flexibility index (Phi) is 7.49. The number of nitrogens with zero attached hydrogens (tertiary/aromatic N) is 2. The van der Waals surface area contributed by atoms with Gasteiger partial charge in [0.1, 0.15) is 11.6 Å². The maximum atomic E-state index is 14.9. The van der Waals surface area contributed by atoms with Gasteiger partial charge in [0.15, 0.2) is 5.82 Å². The summed E-state index contributed by atoms with van der Waals surface area (Å²) in [4.78, 5) is 20.9. The van der Waals surface area contributed by atoms with Gasteiger partial charge in [-0.15, -0.1) is 0 Å². The predicted molar refractivity (Wildman–Crippen MR) is 134 cm³/mol. The molecule has 1 amide bonds. The molecular weight excluding hydrogens is 502 g/mol. The summed E-state index contributed by atoms with van der Waals surface area (Å²) in [5.74, 6) is -2.81. The molecule has 4 rings (SSSR count). The van der Waals surface area contributed by atoms with Crippen LogP contribution in [0.5, 0.6) is 0 Å². The summed E-state index contributed by atoms with van der Waals surface area (Å²) < 4.78 is 56.0. The Balaban J connectivity index is 1.77. The molecule has 1 atom stereocenters. The van der Waals surface area contributed by atoms with E-state index in [1.54, 1.807) is 36.4 Å². The largest absolute Gasteiger partial charge is 0.417 e. The molecule has 4 N–H and O–H groups in total. The Morgan fingerprint density at radius 2 is 1.74 bits per heavy atom. The molecule has 7 nitrogen and oxygen atoms in total. The van der Waals surface area contributed by atoms with Gasteiger partial charge in [-0.2, -0.15) is 13.2 Å². The number of aliphatic hydroxyl groups is 1. The number of alkyl halides is 3. The van der Waals surface area contributed by atoms with E-state index in [-0.39, 0.29) is 29.0 Å². The number of anilines is 1. The number of carbonyl (C=O) groups excluding carboxylic acids is 1. The molecule has 0 bridgehead atoms. The summed E-state index contributed by atoms with van der Waals surface area (Å²) in [6, 6.07) is 11.0. The minimum Gasteiger partial charge on any atom is -0.389 e. The Bertz CT molecular complexity index is 1460. The molecule has 11 heteroatoms. The van der Waals surface area contributed by atoms with Gasteiger partial charge in [0, 0.05) is 29.2 Å². The zero-order valence-corrected chi connectivity index (χ0v) is 19.8. The number of aromatic nitrogens is 2. The predicted octanol–water partition coefficient (Wildman–Crippen LogP) is 5.25. The maximum absolute atomic E-state index is 14.9. The van der Waals surface area contributed by atoms with Crippen molar-refractivity contribution in [2.45, 2.75) is 19.2 Å². The molecule has 2 aromatic carbocycles. The van der Waals surface area contributed by atoms with E-state index in [4.69, 9.17) is 5.41 Å². The molecule has 1 heterocycles. The molecule has 194 valence electrons. The van der Waals surface area contributed by atoms with E-state index < -0.39 is 40.7 Å². The summed E-state index contributed by atoms with van der Waals surface area (Å²) in [5.41, 5.74) is -1.45. The minimum atomic E-state index is -4.93. The highest BCUT2D eigenvalue weighted by molar-refractivity contribution is 6.11. The van der Waals surface area contributed by atoms with Gasteiger partial charge in [0.05, 0.1) is 22.9 Å². The van der Waals surface area contributed by atoms with Crippen LogP contribution < -0.4 is 10.6 Å².